The van der Waals surface area contributed by atoms with Crippen molar-refractivity contribution in [3.8, 4) is 5.75 Å². The van der Waals surface area contributed by atoms with Gasteiger partial charge in [-0.25, -0.2) is 4.79 Å². The fourth-order valence-electron chi connectivity index (χ4n) is 5.72. The number of phenols is 1. The highest BCUT2D eigenvalue weighted by Gasteiger charge is 2.34. The van der Waals surface area contributed by atoms with E-state index in [1.54, 1.807) is 44.3 Å². The van der Waals surface area contributed by atoms with Gasteiger partial charge in [0.15, 0.2) is 0 Å². The number of aromatic nitrogens is 1. The van der Waals surface area contributed by atoms with Gasteiger partial charge < -0.3 is 62.8 Å². The van der Waals surface area contributed by atoms with E-state index in [0.717, 1.165) is 0 Å². The molecule has 0 bridgehead atoms. The Morgan fingerprint density at radius 2 is 1.12 bits per heavy atom. The molecule has 3 aromatic rings. The van der Waals surface area contributed by atoms with E-state index in [1.165, 1.54) is 24.3 Å². The summed E-state index contributed by atoms with van der Waals surface area (Å²) < 4.78 is 0. The Morgan fingerprint density at radius 1 is 0.638 bits per heavy atom. The lowest BCUT2D eigenvalue weighted by Crippen LogP contribution is -2.60. The number of carboxylic acid groups (broad SMARTS) is 3. The van der Waals surface area contributed by atoms with Crippen molar-refractivity contribution in [1.82, 2.24) is 31.6 Å². The zero-order chi connectivity index (χ0) is 43.1. The van der Waals surface area contributed by atoms with Crippen LogP contribution in [0, 0.1) is 5.92 Å². The Morgan fingerprint density at radius 3 is 1.64 bits per heavy atom. The van der Waals surface area contributed by atoms with Crippen LogP contribution in [0.4, 0.5) is 0 Å². The van der Waals surface area contributed by atoms with Gasteiger partial charge in [-0.05, 0) is 48.1 Å². The van der Waals surface area contributed by atoms with E-state index in [1.807, 2.05) is 0 Å². The fraction of sp³-hybridized carbons (Fsp3) is 0.421. The number of benzene rings is 2. The summed E-state index contributed by atoms with van der Waals surface area (Å²) >= 11 is 0. The molecular formula is C38H49N7O13. The molecule has 58 heavy (non-hydrogen) atoms. The topological polar surface area (TPSA) is 340 Å². The van der Waals surface area contributed by atoms with Crippen molar-refractivity contribution in [3.63, 3.8) is 0 Å². The van der Waals surface area contributed by atoms with Crippen molar-refractivity contribution in [2.24, 2.45) is 11.7 Å². The first-order valence-corrected chi connectivity index (χ1v) is 18.3. The Labute approximate surface area is 331 Å². The SMILES string of the molecule is CC(C)[C@H](N)C(=O)N[C@@H](CO)C(=O)N[C@@H](CCC(=O)O)C(=O)N[C@@H](CCC(=O)O)C(=O)N[C@@H](Cc1c[nH]c2ccccc12)C(=O)N[C@@H](Cc1ccc(O)cc1)C(=O)O. The predicted octanol–water partition coefficient (Wildman–Crippen LogP) is -1.13. The van der Waals surface area contributed by atoms with Crippen molar-refractivity contribution in [1.29, 1.82) is 0 Å². The first kappa shape index (κ1) is 45.8. The molecule has 13 N–H and O–H groups in total. The number of hydrogen-bond acceptors (Lipinski definition) is 11. The highest BCUT2D eigenvalue weighted by molar-refractivity contribution is 5.97. The first-order valence-electron chi connectivity index (χ1n) is 18.3. The molecule has 20 heteroatoms. The molecule has 5 amide bonds. The summed E-state index contributed by atoms with van der Waals surface area (Å²) in [5, 5.41) is 60.6. The van der Waals surface area contributed by atoms with E-state index in [9.17, 15) is 63.9 Å². The molecule has 1 heterocycles. The minimum Gasteiger partial charge on any atom is -0.508 e. The van der Waals surface area contributed by atoms with Crippen LogP contribution in [0.15, 0.2) is 54.7 Å². The van der Waals surface area contributed by atoms with E-state index in [0.29, 0.717) is 22.0 Å². The Balaban J connectivity index is 1.91. The van der Waals surface area contributed by atoms with Gasteiger partial charge >= 0.3 is 17.9 Å². The van der Waals surface area contributed by atoms with Crippen LogP contribution in [0.1, 0.15) is 50.7 Å². The summed E-state index contributed by atoms with van der Waals surface area (Å²) in [7, 11) is 0. The van der Waals surface area contributed by atoms with Crippen molar-refractivity contribution in [2.45, 2.75) is 88.6 Å². The monoisotopic (exact) mass is 811 g/mol. The van der Waals surface area contributed by atoms with Gasteiger partial charge in [-0.3, -0.25) is 33.6 Å². The van der Waals surface area contributed by atoms with Crippen LogP contribution in [0.2, 0.25) is 0 Å². The zero-order valence-electron chi connectivity index (χ0n) is 31.8. The van der Waals surface area contributed by atoms with Crippen molar-refractivity contribution in [2.75, 3.05) is 6.61 Å². The maximum Gasteiger partial charge on any atom is 0.326 e. The molecule has 0 aliphatic rings. The molecule has 20 nitrogen and oxygen atoms in total. The number of aliphatic hydroxyl groups excluding tert-OH is 1. The predicted molar refractivity (Wildman–Crippen MR) is 205 cm³/mol. The number of carbonyl (C=O) groups excluding carboxylic acids is 5. The lowest BCUT2D eigenvalue weighted by Gasteiger charge is -2.27. The number of H-pyrrole nitrogens is 1. The highest BCUT2D eigenvalue weighted by Crippen LogP contribution is 2.20. The second-order valence-corrected chi connectivity index (χ2v) is 13.9. The van der Waals surface area contributed by atoms with E-state index in [-0.39, 0.29) is 24.5 Å². The van der Waals surface area contributed by atoms with E-state index < -0.39 is 116 Å². The summed E-state index contributed by atoms with van der Waals surface area (Å²) in [6.07, 6.45) is -1.26. The van der Waals surface area contributed by atoms with E-state index in [4.69, 9.17) is 5.73 Å². The third-order valence-corrected chi connectivity index (χ3v) is 9.12. The minimum atomic E-state index is -1.70. The van der Waals surface area contributed by atoms with Gasteiger partial charge in [0, 0.05) is 42.8 Å². The molecule has 0 spiro atoms. The number of carboxylic acids is 3. The largest absolute Gasteiger partial charge is 0.508 e. The minimum absolute atomic E-state index is 0.0635. The van der Waals surface area contributed by atoms with Crippen molar-refractivity contribution in [3.05, 3.63) is 65.9 Å². The number of aliphatic hydroxyl groups is 1. The summed E-state index contributed by atoms with van der Waals surface area (Å²) in [5.74, 6) is -9.60. The molecular weight excluding hydrogens is 762 g/mol. The van der Waals surface area contributed by atoms with Gasteiger partial charge in [0.05, 0.1) is 12.6 Å². The molecule has 3 rings (SSSR count). The smallest absolute Gasteiger partial charge is 0.326 e. The molecule has 314 valence electrons. The number of aromatic amines is 1. The molecule has 0 saturated carbocycles. The number of aromatic hydroxyl groups is 1. The van der Waals surface area contributed by atoms with Gasteiger partial charge in [0.1, 0.15) is 36.0 Å². The van der Waals surface area contributed by atoms with Gasteiger partial charge in [0.2, 0.25) is 29.5 Å². The number of para-hydroxylation sites is 1. The summed E-state index contributed by atoms with van der Waals surface area (Å²) in [5.41, 5.74) is 7.49. The second-order valence-electron chi connectivity index (χ2n) is 13.9. The van der Waals surface area contributed by atoms with Crippen molar-refractivity contribution < 1.29 is 63.9 Å². The van der Waals surface area contributed by atoms with Crippen LogP contribution in [0.3, 0.4) is 0 Å². The number of aliphatic carboxylic acids is 3. The van der Waals surface area contributed by atoms with Gasteiger partial charge in [-0.1, -0.05) is 44.2 Å². The number of carbonyl (C=O) groups is 8. The number of fused-ring (bicyclic) bond motifs is 1. The van der Waals surface area contributed by atoms with Crippen LogP contribution in [-0.4, -0.2) is 121 Å². The Hall–Kier alpha value is -6.54. The van der Waals surface area contributed by atoms with Crippen LogP contribution in [0.25, 0.3) is 10.9 Å². The maximum absolute atomic E-state index is 13.9. The third kappa shape index (κ3) is 13.9. The molecule has 0 saturated heterocycles. The Bertz CT molecular complexity index is 1950. The number of rotatable bonds is 23. The molecule has 0 radical (unpaired) electrons. The number of phenolic OH excluding ortho intramolecular Hbond substituents is 1. The first-order chi connectivity index (χ1) is 27.4. The quantitative estimate of drug-likeness (QED) is 0.0540. The molecule has 0 aliphatic carbocycles. The summed E-state index contributed by atoms with van der Waals surface area (Å²) in [6, 6.07) is 3.55. The molecule has 0 fully saturated rings. The summed E-state index contributed by atoms with van der Waals surface area (Å²) in [6.45, 7) is 2.35. The second kappa shape index (κ2) is 21.7. The Kier molecular flexibility index (Phi) is 17.1. The van der Waals surface area contributed by atoms with Gasteiger partial charge in [-0.2, -0.15) is 0 Å². The van der Waals surface area contributed by atoms with Crippen LogP contribution >= 0.6 is 0 Å². The number of nitrogens with one attached hydrogen (secondary N) is 6. The molecule has 2 aromatic carbocycles. The molecule has 0 aliphatic heterocycles. The van der Waals surface area contributed by atoms with Gasteiger partial charge in [-0.15, -0.1) is 0 Å². The third-order valence-electron chi connectivity index (χ3n) is 9.12. The average molecular weight is 812 g/mol. The maximum atomic E-state index is 13.9. The average Bonchev–Trinajstić information content (AvgIpc) is 3.58. The van der Waals surface area contributed by atoms with Crippen LogP contribution in [0.5, 0.6) is 5.75 Å². The van der Waals surface area contributed by atoms with E-state index >= 15 is 0 Å². The number of amides is 5. The van der Waals surface area contributed by atoms with Crippen LogP contribution in [-0.2, 0) is 51.2 Å². The molecule has 6 atom stereocenters. The number of nitrogens with two attached hydrogens (primary N) is 1. The fourth-order valence-corrected chi connectivity index (χ4v) is 5.72. The van der Waals surface area contributed by atoms with Gasteiger partial charge in [0.25, 0.3) is 0 Å². The molecule has 0 unspecified atom stereocenters. The highest BCUT2D eigenvalue weighted by atomic mass is 16.4. The summed E-state index contributed by atoms with van der Waals surface area (Å²) in [4.78, 5) is 105. The zero-order valence-corrected chi connectivity index (χ0v) is 31.8. The van der Waals surface area contributed by atoms with E-state index in [2.05, 4.69) is 31.6 Å². The van der Waals surface area contributed by atoms with Crippen molar-refractivity contribution >= 4 is 58.3 Å². The van der Waals surface area contributed by atoms with Crippen LogP contribution < -0.4 is 32.3 Å². The lowest BCUT2D eigenvalue weighted by molar-refractivity contribution is -0.142. The number of hydrogen-bond donors (Lipinski definition) is 12. The standard InChI is InChI=1S/C38H49N7O13/c1-19(2)32(39)37(56)45-29(18-46)36(55)42-25(11-13-30(48)49)33(52)41-26(12-14-31(50)51)34(53)43-27(16-21-17-40-24-6-4-3-5-23(21)24)35(54)44-28(38(57)58)15-20-7-9-22(47)10-8-20/h3-10,17,19,25-29,32,40,46-47H,11-16,18,39H2,1-2H3,(H,41,52)(H,42,55)(H,43,53)(H,44,54)(H,45,56)(H,48,49)(H,50,51)(H,57,58)/t25-,26-,27-,28-,29-,32-/m0/s1. The normalized spacial score (nSPS) is 14.2. The molecule has 1 aromatic heterocycles. The lowest BCUT2D eigenvalue weighted by atomic mass is 10.0.